The monoisotopic (exact) mass is 162 g/mol. The van der Waals surface area contributed by atoms with Crippen molar-refractivity contribution in [1.29, 1.82) is 0 Å². The van der Waals surface area contributed by atoms with Crippen LogP contribution < -0.4 is 0 Å². The molecule has 0 heterocycles. The SMILES string of the molecule is C=C(C)C(=C)/C=C\C(C)=C(C)C. The van der Waals surface area contributed by atoms with Crippen molar-refractivity contribution < 1.29 is 0 Å². The van der Waals surface area contributed by atoms with Gasteiger partial charge in [0.2, 0.25) is 0 Å². The van der Waals surface area contributed by atoms with E-state index in [9.17, 15) is 0 Å². The van der Waals surface area contributed by atoms with E-state index >= 15 is 0 Å². The van der Waals surface area contributed by atoms with Gasteiger partial charge in [-0.15, -0.1) is 0 Å². The predicted octanol–water partition coefficient (Wildman–Crippen LogP) is 4.03. The Morgan fingerprint density at radius 1 is 0.917 bits per heavy atom. The van der Waals surface area contributed by atoms with Gasteiger partial charge in [0.15, 0.2) is 0 Å². The van der Waals surface area contributed by atoms with Gasteiger partial charge in [-0.3, -0.25) is 0 Å². The molecule has 0 fully saturated rings. The lowest BCUT2D eigenvalue weighted by Gasteiger charge is -1.98. The zero-order valence-corrected chi connectivity index (χ0v) is 8.57. The van der Waals surface area contributed by atoms with Gasteiger partial charge in [0.1, 0.15) is 0 Å². The third kappa shape index (κ3) is 3.97. The van der Waals surface area contributed by atoms with Crippen LogP contribution in [0.25, 0.3) is 0 Å². The Labute approximate surface area is 76.0 Å². The minimum absolute atomic E-state index is 0.996. The van der Waals surface area contributed by atoms with E-state index in [2.05, 4.69) is 40.0 Å². The van der Waals surface area contributed by atoms with Gasteiger partial charge in [-0.2, -0.15) is 0 Å². The number of hydrogen-bond acceptors (Lipinski definition) is 0. The minimum Gasteiger partial charge on any atom is -0.0955 e. The fraction of sp³-hybridized carbons (Fsp3) is 0.333. The average molecular weight is 162 g/mol. The van der Waals surface area contributed by atoms with Crippen molar-refractivity contribution in [3.8, 4) is 0 Å². The molecule has 0 spiro atoms. The molecule has 0 radical (unpaired) electrons. The van der Waals surface area contributed by atoms with Crippen molar-refractivity contribution >= 4 is 0 Å². The Bertz CT molecular complexity index is 245. The molecule has 0 atom stereocenters. The van der Waals surface area contributed by atoms with Crippen molar-refractivity contribution in [1.82, 2.24) is 0 Å². The molecular formula is C12H18. The quantitative estimate of drug-likeness (QED) is 0.549. The van der Waals surface area contributed by atoms with Crippen LogP contribution in [-0.4, -0.2) is 0 Å². The number of hydrogen-bond donors (Lipinski definition) is 0. The van der Waals surface area contributed by atoms with Crippen LogP contribution in [0.4, 0.5) is 0 Å². The summed E-state index contributed by atoms with van der Waals surface area (Å²) in [7, 11) is 0. The molecule has 0 saturated carbocycles. The molecule has 0 aromatic rings. The van der Waals surface area contributed by atoms with Gasteiger partial charge in [0.05, 0.1) is 0 Å². The molecule has 0 rings (SSSR count). The molecule has 0 nitrogen and oxygen atoms in total. The van der Waals surface area contributed by atoms with Crippen LogP contribution in [0.2, 0.25) is 0 Å². The molecule has 0 aliphatic carbocycles. The summed E-state index contributed by atoms with van der Waals surface area (Å²) >= 11 is 0. The van der Waals surface area contributed by atoms with Crippen molar-refractivity contribution in [2.45, 2.75) is 27.7 Å². The summed E-state index contributed by atoms with van der Waals surface area (Å²) in [6.45, 7) is 15.9. The normalized spacial score (nSPS) is 10.0. The Hall–Kier alpha value is -1.04. The Morgan fingerprint density at radius 3 is 1.75 bits per heavy atom. The highest BCUT2D eigenvalue weighted by atomic mass is 13.9. The van der Waals surface area contributed by atoms with E-state index in [1.165, 1.54) is 11.1 Å². The van der Waals surface area contributed by atoms with Gasteiger partial charge in [0, 0.05) is 0 Å². The van der Waals surface area contributed by atoms with Gasteiger partial charge in [0.25, 0.3) is 0 Å². The van der Waals surface area contributed by atoms with Crippen LogP contribution in [0.1, 0.15) is 27.7 Å². The van der Waals surface area contributed by atoms with E-state index < -0.39 is 0 Å². The van der Waals surface area contributed by atoms with Crippen molar-refractivity contribution in [3.63, 3.8) is 0 Å². The number of rotatable bonds is 3. The smallest absolute Gasteiger partial charge is 0.0305 e. The van der Waals surface area contributed by atoms with E-state index in [-0.39, 0.29) is 0 Å². The first-order valence-corrected chi connectivity index (χ1v) is 4.12. The summed E-state index contributed by atoms with van der Waals surface area (Å²) in [6.07, 6.45) is 4.08. The highest BCUT2D eigenvalue weighted by Gasteiger charge is 1.88. The van der Waals surface area contributed by atoms with Crippen molar-refractivity contribution in [3.05, 3.63) is 47.6 Å². The number of allylic oxidation sites excluding steroid dienone is 6. The third-order valence-electron chi connectivity index (χ3n) is 1.87. The molecule has 66 valence electrons. The molecule has 0 heteroatoms. The third-order valence-corrected chi connectivity index (χ3v) is 1.87. The maximum absolute atomic E-state index is 3.88. The Morgan fingerprint density at radius 2 is 1.42 bits per heavy atom. The second-order valence-electron chi connectivity index (χ2n) is 3.32. The molecule has 0 aliphatic rings. The zero-order chi connectivity index (χ0) is 9.72. The lowest BCUT2D eigenvalue weighted by molar-refractivity contribution is 1.29. The van der Waals surface area contributed by atoms with Gasteiger partial charge in [-0.05, 0) is 33.3 Å². The molecule has 0 bridgehead atoms. The molecule has 0 unspecified atom stereocenters. The maximum atomic E-state index is 3.88. The summed E-state index contributed by atoms with van der Waals surface area (Å²) < 4.78 is 0. The largest absolute Gasteiger partial charge is 0.0955 e. The van der Waals surface area contributed by atoms with Gasteiger partial charge < -0.3 is 0 Å². The maximum Gasteiger partial charge on any atom is -0.0305 e. The van der Waals surface area contributed by atoms with Crippen LogP contribution in [0.5, 0.6) is 0 Å². The van der Waals surface area contributed by atoms with E-state index in [4.69, 9.17) is 0 Å². The fourth-order valence-electron chi connectivity index (χ4n) is 0.535. The van der Waals surface area contributed by atoms with Gasteiger partial charge in [-0.25, -0.2) is 0 Å². The first kappa shape index (κ1) is 11.0. The minimum atomic E-state index is 0.996. The summed E-state index contributed by atoms with van der Waals surface area (Å²) in [5, 5.41) is 0. The molecule has 0 aromatic heterocycles. The lowest BCUT2D eigenvalue weighted by Crippen LogP contribution is -1.77. The van der Waals surface area contributed by atoms with Crippen molar-refractivity contribution in [2.24, 2.45) is 0 Å². The van der Waals surface area contributed by atoms with Gasteiger partial charge in [-0.1, -0.05) is 42.0 Å². The van der Waals surface area contributed by atoms with Crippen LogP contribution in [-0.2, 0) is 0 Å². The van der Waals surface area contributed by atoms with Gasteiger partial charge >= 0.3 is 0 Å². The molecule has 12 heavy (non-hydrogen) atoms. The van der Waals surface area contributed by atoms with E-state index in [1.54, 1.807) is 0 Å². The Balaban J connectivity index is 4.37. The first-order chi connectivity index (χ1) is 5.45. The molecule has 0 amide bonds. The van der Waals surface area contributed by atoms with Crippen LogP contribution >= 0.6 is 0 Å². The van der Waals surface area contributed by atoms with Crippen LogP contribution in [0.15, 0.2) is 47.6 Å². The molecule has 0 saturated heterocycles. The van der Waals surface area contributed by atoms with Crippen LogP contribution in [0, 0.1) is 0 Å². The summed E-state index contributed by atoms with van der Waals surface area (Å²) in [5.74, 6) is 0. The highest BCUT2D eigenvalue weighted by molar-refractivity contribution is 5.37. The van der Waals surface area contributed by atoms with E-state index in [0.717, 1.165) is 11.1 Å². The average Bonchev–Trinajstić information content (AvgIpc) is 1.98. The predicted molar refractivity (Wildman–Crippen MR) is 57.1 cm³/mol. The standard InChI is InChI=1S/C12H18/c1-9(2)11(5)7-8-12(6)10(3)4/h7-8H,1,5H2,2-4,6H3/b8-7-. The highest BCUT2D eigenvalue weighted by Crippen LogP contribution is 2.09. The van der Waals surface area contributed by atoms with E-state index in [0.29, 0.717) is 0 Å². The second-order valence-corrected chi connectivity index (χ2v) is 3.32. The Kier molecular flexibility index (Phi) is 4.35. The molecule has 0 N–H and O–H groups in total. The first-order valence-electron chi connectivity index (χ1n) is 4.12. The summed E-state index contributed by atoms with van der Waals surface area (Å²) in [6, 6.07) is 0. The lowest BCUT2D eigenvalue weighted by atomic mass is 10.1. The second kappa shape index (κ2) is 4.76. The van der Waals surface area contributed by atoms with E-state index in [1.807, 2.05) is 13.0 Å². The molecule has 0 aliphatic heterocycles. The molecule has 0 aromatic carbocycles. The zero-order valence-electron chi connectivity index (χ0n) is 8.57. The van der Waals surface area contributed by atoms with Crippen LogP contribution in [0.3, 0.4) is 0 Å². The summed E-state index contributed by atoms with van der Waals surface area (Å²) in [5.41, 5.74) is 4.64. The van der Waals surface area contributed by atoms with Crippen molar-refractivity contribution in [2.75, 3.05) is 0 Å². The fourth-order valence-corrected chi connectivity index (χ4v) is 0.535. The summed E-state index contributed by atoms with van der Waals surface area (Å²) in [4.78, 5) is 0. The topological polar surface area (TPSA) is 0 Å². The molecular weight excluding hydrogens is 144 g/mol.